The second kappa shape index (κ2) is 3.64. The summed E-state index contributed by atoms with van der Waals surface area (Å²) in [6.07, 6.45) is 4.52. The van der Waals surface area contributed by atoms with Gasteiger partial charge in [0.1, 0.15) is 0 Å². The van der Waals surface area contributed by atoms with E-state index < -0.39 is 18.4 Å². The first-order chi connectivity index (χ1) is 3.98. The summed E-state index contributed by atoms with van der Waals surface area (Å²) in [5.41, 5.74) is 0. The summed E-state index contributed by atoms with van der Waals surface area (Å²) >= 11 is -1.53. The summed E-state index contributed by atoms with van der Waals surface area (Å²) in [6, 6.07) is 0. The Hall–Kier alpha value is 0.539. The van der Waals surface area contributed by atoms with Crippen molar-refractivity contribution >= 4 is 18.4 Å². The Balaban J connectivity index is 3.88. The van der Waals surface area contributed by atoms with Crippen LogP contribution < -0.4 is 0 Å². The van der Waals surface area contributed by atoms with E-state index in [2.05, 4.69) is 40.8 Å². The number of rotatable bonds is 2. The maximum atomic E-state index is 2.47. The van der Waals surface area contributed by atoms with Crippen molar-refractivity contribution in [1.82, 2.24) is 0 Å². The molecule has 0 nitrogen and oxygen atoms in total. The first-order valence-corrected chi connectivity index (χ1v) is 13.8. The van der Waals surface area contributed by atoms with E-state index in [0.29, 0.717) is 0 Å². The van der Waals surface area contributed by atoms with E-state index in [1.54, 1.807) is 0 Å². The van der Waals surface area contributed by atoms with Crippen LogP contribution in [0.25, 0.3) is 0 Å². The second-order valence-electron chi connectivity index (χ2n) is 3.68. The van der Waals surface area contributed by atoms with E-state index in [-0.39, 0.29) is 0 Å². The molecule has 54 valence electrons. The minimum atomic E-state index is -1.53. The van der Waals surface area contributed by atoms with Crippen molar-refractivity contribution in [2.24, 2.45) is 0 Å². The van der Waals surface area contributed by atoms with Crippen molar-refractivity contribution in [3.8, 4) is 0 Å². The molecule has 0 N–H and O–H groups in total. The van der Waals surface area contributed by atoms with Crippen LogP contribution in [0.5, 0.6) is 0 Å². The van der Waals surface area contributed by atoms with Gasteiger partial charge in [-0.15, -0.1) is 0 Å². The molecular weight excluding hydrogens is 215 g/mol. The van der Waals surface area contributed by atoms with Crippen molar-refractivity contribution in [3.63, 3.8) is 0 Å². The van der Waals surface area contributed by atoms with E-state index >= 15 is 0 Å². The molecule has 0 amide bonds. The van der Waals surface area contributed by atoms with Crippen LogP contribution in [0, 0.1) is 0 Å². The zero-order chi connectivity index (χ0) is 7.49. The molecular formula is C8H18Sn. The van der Waals surface area contributed by atoms with Crippen molar-refractivity contribution in [3.05, 3.63) is 12.2 Å². The zero-order valence-corrected chi connectivity index (χ0v) is 10.1. The van der Waals surface area contributed by atoms with Gasteiger partial charge in [0.15, 0.2) is 0 Å². The molecule has 1 heteroatoms. The van der Waals surface area contributed by atoms with Crippen LogP contribution in [-0.4, -0.2) is 18.4 Å². The van der Waals surface area contributed by atoms with Gasteiger partial charge in [0.25, 0.3) is 0 Å². The van der Waals surface area contributed by atoms with Crippen LogP contribution in [0.1, 0.15) is 13.8 Å². The standard InChI is InChI=1S/C5H9.3CH3.Sn/c1-3-5-4-2;;;;/h3-5H,1-2H3;3*1H3;/b5-3-;;;;. The number of hydrogen-bond donors (Lipinski definition) is 0. The summed E-state index contributed by atoms with van der Waals surface area (Å²) in [5.74, 6) is 0. The number of allylic oxidation sites excluding steroid dienone is 2. The van der Waals surface area contributed by atoms with E-state index in [9.17, 15) is 0 Å². The van der Waals surface area contributed by atoms with Crippen molar-refractivity contribution in [2.45, 2.75) is 32.6 Å². The molecule has 0 fully saturated rings. The third kappa shape index (κ3) is 4.01. The maximum absolute atomic E-state index is 2.47. The molecule has 0 spiro atoms. The fourth-order valence-electron chi connectivity index (χ4n) is 0.577. The molecule has 0 saturated heterocycles. The molecule has 0 aromatic rings. The van der Waals surface area contributed by atoms with Crippen LogP contribution in [0.15, 0.2) is 12.2 Å². The zero-order valence-electron chi connectivity index (χ0n) is 7.23. The monoisotopic (exact) mass is 234 g/mol. The first-order valence-electron chi connectivity index (χ1n) is 3.61. The summed E-state index contributed by atoms with van der Waals surface area (Å²) in [7, 11) is 0. The molecule has 0 aromatic carbocycles. The van der Waals surface area contributed by atoms with Gasteiger partial charge >= 0.3 is 63.1 Å². The Morgan fingerprint density at radius 1 is 1.22 bits per heavy atom. The van der Waals surface area contributed by atoms with Gasteiger partial charge in [0, 0.05) is 0 Å². The van der Waals surface area contributed by atoms with Gasteiger partial charge in [-0.2, -0.15) is 0 Å². The molecule has 0 heterocycles. The van der Waals surface area contributed by atoms with Crippen molar-refractivity contribution in [1.29, 1.82) is 0 Å². The predicted molar refractivity (Wildman–Crippen MR) is 47.6 cm³/mol. The van der Waals surface area contributed by atoms with E-state index in [4.69, 9.17) is 0 Å². The Kier molecular flexibility index (Phi) is 3.86. The van der Waals surface area contributed by atoms with Gasteiger partial charge in [-0.05, 0) is 0 Å². The predicted octanol–water partition coefficient (Wildman–Crippen LogP) is 3.29. The fraction of sp³-hybridized carbons (Fsp3) is 0.750. The summed E-state index contributed by atoms with van der Waals surface area (Å²) < 4.78 is 0.893. The van der Waals surface area contributed by atoms with Gasteiger partial charge in [-0.1, -0.05) is 0 Å². The summed E-state index contributed by atoms with van der Waals surface area (Å²) in [5, 5.41) is 0. The third-order valence-electron chi connectivity index (χ3n) is 1.85. The molecule has 0 aliphatic carbocycles. The molecule has 0 radical (unpaired) electrons. The molecule has 1 atom stereocenters. The summed E-state index contributed by atoms with van der Waals surface area (Å²) in [4.78, 5) is 7.41. The topological polar surface area (TPSA) is 0 Å². The van der Waals surface area contributed by atoms with E-state index in [0.717, 1.165) is 3.93 Å². The van der Waals surface area contributed by atoms with E-state index in [1.165, 1.54) is 0 Å². The van der Waals surface area contributed by atoms with Crippen LogP contribution >= 0.6 is 0 Å². The molecule has 0 aromatic heterocycles. The van der Waals surface area contributed by atoms with Crippen molar-refractivity contribution < 1.29 is 0 Å². The second-order valence-corrected chi connectivity index (χ2v) is 19.8. The molecule has 0 aliphatic rings. The Labute approximate surface area is 63.2 Å². The van der Waals surface area contributed by atoms with Crippen LogP contribution in [-0.2, 0) is 0 Å². The molecule has 0 saturated carbocycles. The van der Waals surface area contributed by atoms with Crippen molar-refractivity contribution in [2.75, 3.05) is 0 Å². The van der Waals surface area contributed by atoms with Crippen LogP contribution in [0.3, 0.4) is 0 Å². The first kappa shape index (κ1) is 9.54. The third-order valence-corrected chi connectivity index (χ3v) is 10.2. The minimum absolute atomic E-state index is 0.893. The summed E-state index contributed by atoms with van der Waals surface area (Å²) in [6.45, 7) is 4.45. The quantitative estimate of drug-likeness (QED) is 0.507. The molecule has 9 heavy (non-hydrogen) atoms. The van der Waals surface area contributed by atoms with E-state index in [1.807, 2.05) is 0 Å². The van der Waals surface area contributed by atoms with Gasteiger partial charge in [0.05, 0.1) is 0 Å². The number of hydrogen-bond acceptors (Lipinski definition) is 0. The molecule has 1 unspecified atom stereocenters. The van der Waals surface area contributed by atoms with Gasteiger partial charge in [-0.3, -0.25) is 0 Å². The Morgan fingerprint density at radius 2 is 1.67 bits per heavy atom. The Bertz CT molecular complexity index is 97.6. The Morgan fingerprint density at radius 3 is 1.78 bits per heavy atom. The fourth-order valence-corrected chi connectivity index (χ4v) is 2.77. The molecule has 0 aliphatic heterocycles. The van der Waals surface area contributed by atoms with Crippen LogP contribution in [0.2, 0.25) is 18.8 Å². The average Bonchev–Trinajstić information content (AvgIpc) is 1.64. The SMILES string of the molecule is C/C=C\[CH](C)[Sn]([CH3])([CH3])[CH3]. The van der Waals surface area contributed by atoms with Gasteiger partial charge in [-0.25, -0.2) is 0 Å². The van der Waals surface area contributed by atoms with Gasteiger partial charge in [0.2, 0.25) is 0 Å². The molecule has 0 bridgehead atoms. The average molecular weight is 233 g/mol. The normalized spacial score (nSPS) is 16.6. The van der Waals surface area contributed by atoms with Crippen LogP contribution in [0.4, 0.5) is 0 Å². The van der Waals surface area contributed by atoms with Gasteiger partial charge < -0.3 is 0 Å². The molecule has 0 rings (SSSR count).